The van der Waals surface area contributed by atoms with Crippen LogP contribution in [0.25, 0.3) is 0 Å². The maximum atomic E-state index is 12.3. The molecule has 6 heteroatoms. The molecule has 6 nitrogen and oxygen atoms in total. The van der Waals surface area contributed by atoms with Gasteiger partial charge in [0.2, 0.25) is 0 Å². The molecule has 0 saturated carbocycles. The molecular weight excluding hydrogens is 320 g/mol. The van der Waals surface area contributed by atoms with Gasteiger partial charge in [-0.3, -0.25) is 4.79 Å². The molecule has 0 radical (unpaired) electrons. The van der Waals surface area contributed by atoms with Crippen LogP contribution in [-0.2, 0) is 11.3 Å². The van der Waals surface area contributed by atoms with Crippen LogP contribution in [0.15, 0.2) is 42.5 Å². The fourth-order valence-corrected chi connectivity index (χ4v) is 2.48. The van der Waals surface area contributed by atoms with Crippen LogP contribution in [0.3, 0.4) is 0 Å². The van der Waals surface area contributed by atoms with Crippen LogP contribution in [0.2, 0.25) is 0 Å². The monoisotopic (exact) mass is 338 g/mol. The Kier molecular flexibility index (Phi) is 5.05. The van der Waals surface area contributed by atoms with E-state index in [1.54, 1.807) is 36.2 Å². The number of hydrogen-bond acceptors (Lipinski definition) is 5. The van der Waals surface area contributed by atoms with E-state index in [1.165, 1.54) is 0 Å². The number of ether oxygens (including phenoxy) is 3. The van der Waals surface area contributed by atoms with E-state index in [2.05, 4.69) is 0 Å². The van der Waals surface area contributed by atoms with Crippen LogP contribution in [0.1, 0.15) is 11.1 Å². The van der Waals surface area contributed by atoms with Crippen LogP contribution in [-0.4, -0.2) is 37.7 Å². The SMILES string of the molecule is CN(Cc1ccc2c(c1)OCCO2)C(=O)COc1ccccc1C#N. The summed E-state index contributed by atoms with van der Waals surface area (Å²) in [6, 6.07) is 14.5. The molecule has 128 valence electrons. The zero-order valence-corrected chi connectivity index (χ0v) is 13.9. The van der Waals surface area contributed by atoms with E-state index >= 15 is 0 Å². The first kappa shape index (κ1) is 16.7. The van der Waals surface area contributed by atoms with Gasteiger partial charge in [-0.15, -0.1) is 0 Å². The second-order valence-electron chi connectivity index (χ2n) is 5.62. The van der Waals surface area contributed by atoms with Gasteiger partial charge in [-0.2, -0.15) is 5.26 Å². The zero-order chi connectivity index (χ0) is 17.6. The van der Waals surface area contributed by atoms with Gasteiger partial charge in [0.25, 0.3) is 5.91 Å². The zero-order valence-electron chi connectivity index (χ0n) is 13.9. The molecule has 2 aromatic carbocycles. The van der Waals surface area contributed by atoms with Crippen molar-refractivity contribution in [1.82, 2.24) is 4.90 Å². The number of rotatable bonds is 5. The number of likely N-dealkylation sites (N-methyl/N-ethyl adjacent to an activating group) is 1. The molecule has 0 aliphatic carbocycles. The van der Waals surface area contributed by atoms with Crippen molar-refractivity contribution in [3.05, 3.63) is 53.6 Å². The van der Waals surface area contributed by atoms with Crippen molar-refractivity contribution in [3.8, 4) is 23.3 Å². The highest BCUT2D eigenvalue weighted by Crippen LogP contribution is 2.31. The number of para-hydroxylation sites is 1. The maximum Gasteiger partial charge on any atom is 0.260 e. The summed E-state index contributed by atoms with van der Waals surface area (Å²) in [4.78, 5) is 13.8. The van der Waals surface area contributed by atoms with Crippen molar-refractivity contribution in [3.63, 3.8) is 0 Å². The Morgan fingerprint density at radius 2 is 1.96 bits per heavy atom. The topological polar surface area (TPSA) is 71.8 Å². The van der Waals surface area contributed by atoms with Crippen molar-refractivity contribution in [2.75, 3.05) is 26.9 Å². The number of hydrogen-bond donors (Lipinski definition) is 0. The third kappa shape index (κ3) is 4.01. The molecule has 0 fully saturated rings. The highest BCUT2D eigenvalue weighted by molar-refractivity contribution is 5.77. The van der Waals surface area contributed by atoms with E-state index < -0.39 is 0 Å². The maximum absolute atomic E-state index is 12.3. The lowest BCUT2D eigenvalue weighted by Crippen LogP contribution is -2.31. The smallest absolute Gasteiger partial charge is 0.260 e. The summed E-state index contributed by atoms with van der Waals surface area (Å²) in [5, 5.41) is 9.04. The summed E-state index contributed by atoms with van der Waals surface area (Å²) in [6.07, 6.45) is 0. The summed E-state index contributed by atoms with van der Waals surface area (Å²) >= 11 is 0. The summed E-state index contributed by atoms with van der Waals surface area (Å²) in [7, 11) is 1.71. The molecule has 1 heterocycles. The molecule has 0 atom stereocenters. The Morgan fingerprint density at radius 3 is 2.76 bits per heavy atom. The lowest BCUT2D eigenvalue weighted by Gasteiger charge is -2.21. The highest BCUT2D eigenvalue weighted by Gasteiger charge is 2.15. The van der Waals surface area contributed by atoms with Gasteiger partial charge in [0.15, 0.2) is 18.1 Å². The van der Waals surface area contributed by atoms with Crippen molar-refractivity contribution in [2.24, 2.45) is 0 Å². The van der Waals surface area contributed by atoms with E-state index in [0.29, 0.717) is 36.8 Å². The molecule has 0 aromatic heterocycles. The predicted octanol–water partition coefficient (Wildman–Crippen LogP) is 2.37. The number of nitriles is 1. The van der Waals surface area contributed by atoms with E-state index in [1.807, 2.05) is 24.3 Å². The lowest BCUT2D eigenvalue weighted by molar-refractivity contribution is -0.132. The van der Waals surface area contributed by atoms with E-state index in [4.69, 9.17) is 19.5 Å². The summed E-state index contributed by atoms with van der Waals surface area (Å²) < 4.78 is 16.5. The molecule has 1 aliphatic heterocycles. The lowest BCUT2D eigenvalue weighted by atomic mass is 10.2. The molecule has 1 amide bonds. The number of carbonyl (C=O) groups is 1. The fraction of sp³-hybridized carbons (Fsp3) is 0.263. The third-order valence-electron chi connectivity index (χ3n) is 3.81. The van der Waals surface area contributed by atoms with Crippen molar-refractivity contribution >= 4 is 5.91 Å². The number of nitrogens with zero attached hydrogens (tertiary/aromatic N) is 2. The summed E-state index contributed by atoms with van der Waals surface area (Å²) in [6.45, 7) is 1.38. The molecule has 0 spiro atoms. The first-order chi connectivity index (χ1) is 12.2. The second kappa shape index (κ2) is 7.58. The van der Waals surface area contributed by atoms with Gasteiger partial charge in [-0.05, 0) is 29.8 Å². The van der Waals surface area contributed by atoms with Crippen molar-refractivity contribution in [2.45, 2.75) is 6.54 Å². The van der Waals surface area contributed by atoms with Crippen molar-refractivity contribution < 1.29 is 19.0 Å². The summed E-state index contributed by atoms with van der Waals surface area (Å²) in [5.41, 5.74) is 1.35. The summed E-state index contributed by atoms with van der Waals surface area (Å²) in [5.74, 6) is 1.65. The van der Waals surface area contributed by atoms with Crippen LogP contribution in [0.5, 0.6) is 17.2 Å². The van der Waals surface area contributed by atoms with Crippen LogP contribution < -0.4 is 14.2 Å². The molecule has 2 aromatic rings. The number of fused-ring (bicyclic) bond motifs is 1. The largest absolute Gasteiger partial charge is 0.486 e. The van der Waals surface area contributed by atoms with Crippen LogP contribution in [0.4, 0.5) is 0 Å². The van der Waals surface area contributed by atoms with Crippen LogP contribution in [0, 0.1) is 11.3 Å². The predicted molar refractivity (Wildman–Crippen MR) is 90.6 cm³/mol. The molecule has 3 rings (SSSR count). The van der Waals surface area contributed by atoms with Crippen molar-refractivity contribution in [1.29, 1.82) is 5.26 Å². The Hall–Kier alpha value is -3.20. The quantitative estimate of drug-likeness (QED) is 0.837. The van der Waals surface area contributed by atoms with Gasteiger partial charge in [0, 0.05) is 13.6 Å². The fourth-order valence-electron chi connectivity index (χ4n) is 2.48. The normalized spacial score (nSPS) is 12.2. The molecule has 1 aliphatic rings. The standard InChI is InChI=1S/C19H18N2O4/c1-21(12-14-6-7-17-18(10-14)24-9-8-23-17)19(22)13-25-16-5-3-2-4-15(16)11-20/h2-7,10H,8-9,12-13H2,1H3. The Labute approximate surface area is 146 Å². The Bertz CT molecular complexity index is 813. The van der Waals surface area contributed by atoms with Gasteiger partial charge < -0.3 is 19.1 Å². The average Bonchev–Trinajstić information content (AvgIpc) is 2.66. The average molecular weight is 338 g/mol. The van der Waals surface area contributed by atoms with Gasteiger partial charge >= 0.3 is 0 Å². The highest BCUT2D eigenvalue weighted by atomic mass is 16.6. The minimum Gasteiger partial charge on any atom is -0.486 e. The molecule has 0 bridgehead atoms. The molecule has 0 unspecified atom stereocenters. The van der Waals surface area contributed by atoms with E-state index in [0.717, 1.165) is 11.3 Å². The van der Waals surface area contributed by atoms with Gasteiger partial charge in [-0.25, -0.2) is 0 Å². The van der Waals surface area contributed by atoms with Gasteiger partial charge in [-0.1, -0.05) is 18.2 Å². The van der Waals surface area contributed by atoms with E-state index in [-0.39, 0.29) is 12.5 Å². The Morgan fingerprint density at radius 1 is 1.20 bits per heavy atom. The number of benzene rings is 2. The number of carbonyl (C=O) groups excluding carboxylic acids is 1. The molecule has 0 N–H and O–H groups in total. The molecule has 0 saturated heterocycles. The van der Waals surface area contributed by atoms with Gasteiger partial charge in [0.1, 0.15) is 25.0 Å². The first-order valence-electron chi connectivity index (χ1n) is 7.92. The molecule has 25 heavy (non-hydrogen) atoms. The van der Waals surface area contributed by atoms with Gasteiger partial charge in [0.05, 0.1) is 5.56 Å². The Balaban J connectivity index is 1.58. The minimum absolute atomic E-state index is 0.125. The number of amides is 1. The second-order valence-corrected chi connectivity index (χ2v) is 5.62. The minimum atomic E-state index is -0.178. The third-order valence-corrected chi connectivity index (χ3v) is 3.81. The first-order valence-corrected chi connectivity index (χ1v) is 7.92. The molecular formula is C19H18N2O4. The van der Waals surface area contributed by atoms with Crippen LogP contribution >= 0.6 is 0 Å². The van der Waals surface area contributed by atoms with E-state index in [9.17, 15) is 4.79 Å².